The fraction of sp³-hybridized carbons (Fsp3) is 0.429. The molecule has 0 spiro atoms. The van der Waals surface area contributed by atoms with E-state index in [1.165, 1.54) is 12.1 Å². The van der Waals surface area contributed by atoms with Crippen molar-refractivity contribution < 1.29 is 34.9 Å². The van der Waals surface area contributed by atoms with E-state index in [0.717, 1.165) is 5.56 Å². The van der Waals surface area contributed by atoms with Gasteiger partial charge in [0.25, 0.3) is 0 Å². The third kappa shape index (κ3) is 7.76. The topological polar surface area (TPSA) is 141 Å². The summed E-state index contributed by atoms with van der Waals surface area (Å²) < 4.78 is 0.699. The van der Waals surface area contributed by atoms with E-state index in [1.54, 1.807) is 19.1 Å². The van der Waals surface area contributed by atoms with Crippen LogP contribution in [-0.4, -0.2) is 49.2 Å². The van der Waals surface area contributed by atoms with E-state index in [1.807, 2.05) is 12.1 Å². The molecule has 0 bridgehead atoms. The molecule has 30 heavy (non-hydrogen) atoms. The van der Waals surface area contributed by atoms with Gasteiger partial charge in [-0.1, -0.05) is 12.1 Å². The standard InChI is InChI=1S/C21H28N2O7/c1-14(24)13-17(25)10-7-15-5-8-16(9-6-15)22-18(26)3-2-4-21(29)30-23-19(27)11-12-20(23)28/h5-6,8-9,11-12,14,21,24,27-29H,2-4,7,10,13H2,1H3,(H,22,26). The fourth-order valence-corrected chi connectivity index (χ4v) is 2.81. The summed E-state index contributed by atoms with van der Waals surface area (Å²) in [7, 11) is 0. The number of aromatic nitrogens is 1. The summed E-state index contributed by atoms with van der Waals surface area (Å²) >= 11 is 0. The van der Waals surface area contributed by atoms with Crippen molar-refractivity contribution >= 4 is 17.4 Å². The summed E-state index contributed by atoms with van der Waals surface area (Å²) in [5.41, 5.74) is 1.58. The first kappa shape index (κ1) is 23.2. The Hall–Kier alpha value is -3.04. The molecule has 0 aliphatic rings. The van der Waals surface area contributed by atoms with Crippen LogP contribution in [0.1, 0.15) is 44.6 Å². The molecule has 0 saturated carbocycles. The number of nitrogens with zero attached hydrogens (tertiary/aromatic N) is 1. The van der Waals surface area contributed by atoms with Gasteiger partial charge in [0.05, 0.1) is 6.10 Å². The van der Waals surface area contributed by atoms with Crippen LogP contribution in [0.15, 0.2) is 36.4 Å². The van der Waals surface area contributed by atoms with Crippen LogP contribution in [0.3, 0.4) is 0 Å². The molecule has 1 amide bonds. The smallest absolute Gasteiger partial charge is 0.229 e. The van der Waals surface area contributed by atoms with Gasteiger partial charge in [0, 0.05) is 43.5 Å². The molecule has 0 radical (unpaired) electrons. The van der Waals surface area contributed by atoms with Crippen LogP contribution in [0, 0.1) is 0 Å². The van der Waals surface area contributed by atoms with Crippen molar-refractivity contribution in [2.24, 2.45) is 0 Å². The number of Topliss-reactive ketones (excluding diaryl/α,β-unsaturated/α-hetero) is 1. The van der Waals surface area contributed by atoms with Crippen LogP contribution in [0.4, 0.5) is 5.69 Å². The average molecular weight is 420 g/mol. The Kier molecular flexibility index (Phi) is 8.70. The highest BCUT2D eigenvalue weighted by Crippen LogP contribution is 2.20. The molecule has 0 aliphatic heterocycles. The molecule has 1 aromatic heterocycles. The molecule has 0 aliphatic carbocycles. The van der Waals surface area contributed by atoms with Gasteiger partial charge in [0.1, 0.15) is 5.78 Å². The summed E-state index contributed by atoms with van der Waals surface area (Å²) in [4.78, 5) is 28.7. The fourth-order valence-electron chi connectivity index (χ4n) is 2.81. The van der Waals surface area contributed by atoms with E-state index in [9.17, 15) is 30.0 Å². The SMILES string of the molecule is CC(O)CC(=O)CCc1ccc(NC(=O)CCCC(O)On2c(O)ccc2O)cc1. The highest BCUT2D eigenvalue weighted by Gasteiger charge is 2.13. The number of hydrogen-bond acceptors (Lipinski definition) is 7. The highest BCUT2D eigenvalue weighted by molar-refractivity contribution is 5.90. The average Bonchev–Trinajstić information content (AvgIpc) is 2.99. The Morgan fingerprint density at radius 2 is 1.67 bits per heavy atom. The van der Waals surface area contributed by atoms with Crippen molar-refractivity contribution in [3.63, 3.8) is 0 Å². The summed E-state index contributed by atoms with van der Waals surface area (Å²) in [6.45, 7) is 1.58. The minimum Gasteiger partial charge on any atom is -0.492 e. The molecule has 2 rings (SSSR count). The second kappa shape index (κ2) is 11.2. The second-order valence-corrected chi connectivity index (χ2v) is 7.13. The first-order valence-corrected chi connectivity index (χ1v) is 9.78. The molecule has 2 unspecified atom stereocenters. The Morgan fingerprint density at radius 1 is 1.03 bits per heavy atom. The van der Waals surface area contributed by atoms with Crippen molar-refractivity contribution in [3.05, 3.63) is 42.0 Å². The van der Waals surface area contributed by atoms with Gasteiger partial charge < -0.3 is 30.6 Å². The first-order valence-electron chi connectivity index (χ1n) is 9.78. The maximum Gasteiger partial charge on any atom is 0.229 e. The Labute approximate surface area is 174 Å². The maximum atomic E-state index is 12.0. The molecule has 2 aromatic rings. The van der Waals surface area contributed by atoms with Crippen LogP contribution in [0.5, 0.6) is 11.8 Å². The van der Waals surface area contributed by atoms with Gasteiger partial charge >= 0.3 is 0 Å². The van der Waals surface area contributed by atoms with Crippen molar-refractivity contribution in [1.29, 1.82) is 0 Å². The lowest BCUT2D eigenvalue weighted by Gasteiger charge is -2.14. The minimum absolute atomic E-state index is 0.00995. The largest absolute Gasteiger partial charge is 0.492 e. The summed E-state index contributed by atoms with van der Waals surface area (Å²) in [6.07, 6.45) is -0.220. The molecule has 1 aromatic carbocycles. The van der Waals surface area contributed by atoms with Gasteiger partial charge in [-0.3, -0.25) is 9.59 Å². The van der Waals surface area contributed by atoms with E-state index in [-0.39, 0.29) is 42.7 Å². The number of hydrogen-bond donors (Lipinski definition) is 5. The number of amides is 1. The predicted octanol–water partition coefficient (Wildman–Crippen LogP) is 1.73. The Bertz CT molecular complexity index is 811. The molecule has 5 N–H and O–H groups in total. The molecule has 2 atom stereocenters. The first-order chi connectivity index (χ1) is 14.2. The zero-order valence-electron chi connectivity index (χ0n) is 16.8. The van der Waals surface area contributed by atoms with Crippen molar-refractivity contribution in [2.45, 2.75) is 57.8 Å². The van der Waals surface area contributed by atoms with Gasteiger partial charge in [-0.15, -0.1) is 4.73 Å². The molecule has 9 heteroatoms. The second-order valence-electron chi connectivity index (χ2n) is 7.13. The number of nitrogens with one attached hydrogen (secondary N) is 1. The van der Waals surface area contributed by atoms with E-state index < -0.39 is 12.4 Å². The number of benzene rings is 1. The lowest BCUT2D eigenvalue weighted by molar-refractivity contribution is -0.122. The lowest BCUT2D eigenvalue weighted by atomic mass is 10.0. The molecule has 9 nitrogen and oxygen atoms in total. The zero-order valence-corrected chi connectivity index (χ0v) is 16.8. The molecule has 164 valence electrons. The molecule has 0 saturated heterocycles. The van der Waals surface area contributed by atoms with Crippen molar-refractivity contribution in [3.8, 4) is 11.8 Å². The van der Waals surface area contributed by atoms with Crippen LogP contribution in [0.25, 0.3) is 0 Å². The predicted molar refractivity (Wildman–Crippen MR) is 109 cm³/mol. The Morgan fingerprint density at radius 3 is 2.27 bits per heavy atom. The highest BCUT2D eigenvalue weighted by atomic mass is 16.7. The number of aliphatic hydroxyl groups excluding tert-OH is 2. The van der Waals surface area contributed by atoms with Crippen LogP contribution >= 0.6 is 0 Å². The third-order valence-electron chi connectivity index (χ3n) is 4.33. The van der Waals surface area contributed by atoms with Gasteiger partial charge in [0.15, 0.2) is 0 Å². The summed E-state index contributed by atoms with van der Waals surface area (Å²) in [5, 5.41) is 40.7. The van der Waals surface area contributed by atoms with E-state index in [2.05, 4.69) is 5.32 Å². The van der Waals surface area contributed by atoms with Crippen molar-refractivity contribution in [1.82, 2.24) is 4.73 Å². The summed E-state index contributed by atoms with van der Waals surface area (Å²) in [5.74, 6) is -0.912. The van der Waals surface area contributed by atoms with Crippen molar-refractivity contribution in [2.75, 3.05) is 5.32 Å². The molecule has 1 heterocycles. The third-order valence-corrected chi connectivity index (χ3v) is 4.33. The zero-order chi connectivity index (χ0) is 22.1. The van der Waals surface area contributed by atoms with Gasteiger partial charge in [-0.05, 0) is 37.5 Å². The molecule has 0 fully saturated rings. The lowest BCUT2D eigenvalue weighted by Crippen LogP contribution is -2.24. The number of carbonyl (C=O) groups is 2. The van der Waals surface area contributed by atoms with Gasteiger partial charge in [-0.25, -0.2) is 0 Å². The van der Waals surface area contributed by atoms with Crippen LogP contribution in [-0.2, 0) is 16.0 Å². The monoisotopic (exact) mass is 420 g/mol. The quantitative estimate of drug-likeness (QED) is 0.329. The van der Waals surface area contributed by atoms with Crippen LogP contribution < -0.4 is 10.2 Å². The van der Waals surface area contributed by atoms with Gasteiger partial charge in [-0.2, -0.15) is 0 Å². The Balaban J connectivity index is 1.68. The summed E-state index contributed by atoms with van der Waals surface area (Å²) in [6, 6.07) is 9.60. The number of aromatic hydroxyl groups is 2. The van der Waals surface area contributed by atoms with E-state index in [4.69, 9.17) is 4.84 Å². The van der Waals surface area contributed by atoms with Gasteiger partial charge in [0.2, 0.25) is 24.0 Å². The minimum atomic E-state index is -1.29. The van der Waals surface area contributed by atoms with E-state index >= 15 is 0 Å². The number of ketones is 1. The number of carbonyl (C=O) groups excluding carboxylic acids is 2. The normalized spacial score (nSPS) is 12.9. The number of aryl methyl sites for hydroxylation is 1. The van der Waals surface area contributed by atoms with E-state index in [0.29, 0.717) is 29.7 Å². The maximum absolute atomic E-state index is 12.0. The van der Waals surface area contributed by atoms with Crippen LogP contribution in [0.2, 0.25) is 0 Å². The molecular formula is C21H28N2O7. The number of rotatable bonds is 12. The molecular weight excluding hydrogens is 392 g/mol. The number of aliphatic hydroxyl groups is 2. The number of anilines is 1.